The van der Waals surface area contributed by atoms with Crippen molar-refractivity contribution in [3.05, 3.63) is 62.5 Å². The zero-order valence-corrected chi connectivity index (χ0v) is 13.1. The van der Waals surface area contributed by atoms with Gasteiger partial charge in [-0.1, -0.05) is 28.1 Å². The van der Waals surface area contributed by atoms with Crippen molar-refractivity contribution in [1.29, 1.82) is 0 Å². The molecular weight excluding hydrogens is 374 g/mol. The average molecular weight is 385 g/mol. The van der Waals surface area contributed by atoms with E-state index in [0.717, 1.165) is 10.0 Å². The molecule has 0 saturated carbocycles. The van der Waals surface area contributed by atoms with Crippen molar-refractivity contribution in [2.45, 2.75) is 6.61 Å². The van der Waals surface area contributed by atoms with Crippen LogP contribution in [0.15, 0.2) is 51.4 Å². The molecule has 98 valence electrons. The van der Waals surface area contributed by atoms with Crippen LogP contribution in [0.1, 0.15) is 15.9 Å². The number of esters is 1. The predicted octanol–water partition coefficient (Wildman–Crippen LogP) is 4.15. The molecule has 19 heavy (non-hydrogen) atoms. The topological polar surface area (TPSA) is 52.3 Å². The number of rotatable bonds is 3. The van der Waals surface area contributed by atoms with E-state index in [1.165, 1.54) is 0 Å². The average Bonchev–Trinajstić information content (AvgIpc) is 2.40. The molecule has 2 N–H and O–H groups in total. The number of hydrogen-bond acceptors (Lipinski definition) is 3. The summed E-state index contributed by atoms with van der Waals surface area (Å²) < 4.78 is 6.91. The number of hydrogen-bond donors (Lipinski definition) is 1. The van der Waals surface area contributed by atoms with E-state index in [1.54, 1.807) is 18.2 Å². The molecule has 0 aliphatic heterocycles. The molecular formula is C14H11Br2NO2. The largest absolute Gasteiger partial charge is 0.457 e. The molecule has 0 aromatic heterocycles. The number of carbonyl (C=O) groups excluding carboxylic acids is 1. The predicted molar refractivity (Wildman–Crippen MR) is 81.8 cm³/mol. The standard InChI is InChI=1S/C14H11Br2NO2/c15-10-3-1-9(2-4-10)8-19-14(18)12-7-11(17)5-6-13(12)16/h1-7H,8,17H2. The number of nitrogens with two attached hydrogens (primary N) is 1. The van der Waals surface area contributed by atoms with Gasteiger partial charge in [-0.2, -0.15) is 0 Å². The Morgan fingerprint density at radius 1 is 1.11 bits per heavy atom. The molecule has 5 heteroatoms. The molecule has 0 heterocycles. The number of carbonyl (C=O) groups is 1. The number of ether oxygens (including phenoxy) is 1. The first-order valence-electron chi connectivity index (χ1n) is 5.53. The fourth-order valence-corrected chi connectivity index (χ4v) is 2.18. The summed E-state index contributed by atoms with van der Waals surface area (Å²) in [6.45, 7) is 0.230. The van der Waals surface area contributed by atoms with Crippen molar-refractivity contribution in [2.75, 3.05) is 5.73 Å². The Kier molecular flexibility index (Phi) is 4.61. The van der Waals surface area contributed by atoms with Crippen LogP contribution in [0.3, 0.4) is 0 Å². The third-order valence-corrected chi connectivity index (χ3v) is 3.71. The molecule has 0 atom stereocenters. The van der Waals surface area contributed by atoms with Gasteiger partial charge in [0, 0.05) is 14.6 Å². The van der Waals surface area contributed by atoms with Crippen LogP contribution in [0.2, 0.25) is 0 Å². The van der Waals surface area contributed by atoms with Gasteiger partial charge in [0.25, 0.3) is 0 Å². The van der Waals surface area contributed by atoms with Crippen LogP contribution in [-0.2, 0) is 11.3 Å². The third kappa shape index (κ3) is 3.81. The second-order valence-corrected chi connectivity index (χ2v) is 5.71. The first-order chi connectivity index (χ1) is 9.06. The van der Waals surface area contributed by atoms with Gasteiger partial charge in [0.05, 0.1) is 5.56 Å². The van der Waals surface area contributed by atoms with E-state index < -0.39 is 5.97 Å². The highest BCUT2D eigenvalue weighted by atomic mass is 79.9. The minimum atomic E-state index is -0.401. The van der Waals surface area contributed by atoms with Gasteiger partial charge in [0.1, 0.15) is 6.61 Å². The number of halogens is 2. The zero-order chi connectivity index (χ0) is 13.8. The highest BCUT2D eigenvalue weighted by molar-refractivity contribution is 9.10. The lowest BCUT2D eigenvalue weighted by Gasteiger charge is -2.07. The lowest BCUT2D eigenvalue weighted by Crippen LogP contribution is -2.06. The van der Waals surface area contributed by atoms with Crippen LogP contribution in [0.25, 0.3) is 0 Å². The molecule has 0 unspecified atom stereocenters. The Morgan fingerprint density at radius 3 is 2.47 bits per heavy atom. The number of anilines is 1. The third-order valence-electron chi connectivity index (χ3n) is 2.49. The minimum Gasteiger partial charge on any atom is -0.457 e. The molecule has 2 aromatic rings. The van der Waals surface area contributed by atoms with Gasteiger partial charge in [-0.25, -0.2) is 4.79 Å². The van der Waals surface area contributed by atoms with Crippen LogP contribution < -0.4 is 5.73 Å². The SMILES string of the molecule is Nc1ccc(Br)c(C(=O)OCc2ccc(Br)cc2)c1. The first-order valence-corrected chi connectivity index (χ1v) is 7.11. The molecule has 0 aliphatic rings. The lowest BCUT2D eigenvalue weighted by atomic mass is 10.2. The molecule has 0 spiro atoms. The molecule has 0 amide bonds. The maximum atomic E-state index is 11.9. The van der Waals surface area contributed by atoms with Crippen molar-refractivity contribution in [3.63, 3.8) is 0 Å². The van der Waals surface area contributed by atoms with Crippen molar-refractivity contribution in [2.24, 2.45) is 0 Å². The van der Waals surface area contributed by atoms with E-state index in [2.05, 4.69) is 31.9 Å². The second-order valence-electron chi connectivity index (χ2n) is 3.94. The van der Waals surface area contributed by atoms with E-state index in [-0.39, 0.29) is 6.61 Å². The Morgan fingerprint density at radius 2 is 1.79 bits per heavy atom. The minimum absolute atomic E-state index is 0.230. The Hall–Kier alpha value is -1.33. The summed E-state index contributed by atoms with van der Waals surface area (Å²) in [5, 5.41) is 0. The fraction of sp³-hybridized carbons (Fsp3) is 0.0714. The highest BCUT2D eigenvalue weighted by Gasteiger charge is 2.12. The number of nitrogen functional groups attached to an aromatic ring is 1. The van der Waals surface area contributed by atoms with Crippen LogP contribution in [0, 0.1) is 0 Å². The van der Waals surface area contributed by atoms with Gasteiger partial charge in [0.2, 0.25) is 0 Å². The first kappa shape index (κ1) is 14.1. The van der Waals surface area contributed by atoms with Crippen LogP contribution in [0.4, 0.5) is 5.69 Å². The van der Waals surface area contributed by atoms with Gasteiger partial charge in [0.15, 0.2) is 0 Å². The summed E-state index contributed by atoms with van der Waals surface area (Å²) in [6, 6.07) is 12.6. The quantitative estimate of drug-likeness (QED) is 0.638. The molecule has 2 aromatic carbocycles. The second kappa shape index (κ2) is 6.21. The lowest BCUT2D eigenvalue weighted by molar-refractivity contribution is 0.0471. The maximum absolute atomic E-state index is 11.9. The molecule has 0 aliphatic carbocycles. The summed E-state index contributed by atoms with van der Waals surface area (Å²) in [5.74, 6) is -0.401. The van der Waals surface area contributed by atoms with Crippen molar-refractivity contribution in [1.82, 2.24) is 0 Å². The van der Waals surface area contributed by atoms with Crippen molar-refractivity contribution < 1.29 is 9.53 Å². The van der Waals surface area contributed by atoms with Crippen LogP contribution in [0.5, 0.6) is 0 Å². The normalized spacial score (nSPS) is 10.2. The summed E-state index contributed by atoms with van der Waals surface area (Å²) in [5.41, 5.74) is 7.54. The molecule has 0 fully saturated rings. The van der Waals surface area contributed by atoms with Crippen LogP contribution >= 0.6 is 31.9 Å². The van der Waals surface area contributed by atoms with Gasteiger partial charge in [-0.3, -0.25) is 0 Å². The summed E-state index contributed by atoms with van der Waals surface area (Å²) >= 11 is 6.66. The van der Waals surface area contributed by atoms with Gasteiger partial charge in [-0.05, 0) is 51.8 Å². The summed E-state index contributed by atoms with van der Waals surface area (Å²) in [4.78, 5) is 11.9. The smallest absolute Gasteiger partial charge is 0.339 e. The molecule has 0 radical (unpaired) electrons. The number of benzene rings is 2. The summed E-state index contributed by atoms with van der Waals surface area (Å²) in [6.07, 6.45) is 0. The van der Waals surface area contributed by atoms with Gasteiger partial charge in [-0.15, -0.1) is 0 Å². The van der Waals surface area contributed by atoms with Crippen molar-refractivity contribution >= 4 is 43.5 Å². The molecule has 0 bridgehead atoms. The Labute approximate surface area is 128 Å². The zero-order valence-electron chi connectivity index (χ0n) is 9.90. The Balaban J connectivity index is 2.05. The highest BCUT2D eigenvalue weighted by Crippen LogP contribution is 2.21. The van der Waals surface area contributed by atoms with E-state index in [1.807, 2.05) is 24.3 Å². The molecule has 2 rings (SSSR count). The monoisotopic (exact) mass is 383 g/mol. The van der Waals surface area contributed by atoms with E-state index in [4.69, 9.17) is 10.5 Å². The van der Waals surface area contributed by atoms with E-state index >= 15 is 0 Å². The van der Waals surface area contributed by atoms with E-state index in [9.17, 15) is 4.79 Å². The van der Waals surface area contributed by atoms with Gasteiger partial charge < -0.3 is 10.5 Å². The van der Waals surface area contributed by atoms with Crippen molar-refractivity contribution in [3.8, 4) is 0 Å². The van der Waals surface area contributed by atoms with Crippen LogP contribution in [-0.4, -0.2) is 5.97 Å². The maximum Gasteiger partial charge on any atom is 0.339 e. The molecule has 0 saturated heterocycles. The fourth-order valence-electron chi connectivity index (χ4n) is 1.51. The Bertz CT molecular complexity index is 597. The molecule has 3 nitrogen and oxygen atoms in total. The van der Waals surface area contributed by atoms with E-state index in [0.29, 0.717) is 15.7 Å². The van der Waals surface area contributed by atoms with Gasteiger partial charge >= 0.3 is 5.97 Å². The summed E-state index contributed by atoms with van der Waals surface area (Å²) in [7, 11) is 0.